The normalized spacial score (nSPS) is 24.7. The highest BCUT2D eigenvalue weighted by Gasteiger charge is 2.49. The number of ketones is 1. The first-order valence-corrected chi connectivity index (χ1v) is 4.50. The minimum atomic E-state index is -0.267. The van der Waals surface area contributed by atoms with E-state index in [0.29, 0.717) is 25.2 Å². The fourth-order valence-corrected chi connectivity index (χ4v) is 2.29. The van der Waals surface area contributed by atoms with Crippen molar-refractivity contribution in [3.8, 4) is 0 Å². The number of nitrogens with zero attached hydrogens (tertiary/aromatic N) is 1. The molecular formula is C9H13NO3. The Morgan fingerprint density at radius 3 is 2.77 bits per heavy atom. The van der Waals surface area contributed by atoms with Gasteiger partial charge < -0.3 is 9.64 Å². The molecule has 1 aliphatic carbocycles. The number of amides is 1. The summed E-state index contributed by atoms with van der Waals surface area (Å²) in [5.74, 6) is 0.326. The molecule has 0 aromatic rings. The molecule has 1 heterocycles. The second-order valence-electron chi connectivity index (χ2n) is 4.03. The van der Waals surface area contributed by atoms with E-state index in [1.54, 1.807) is 4.90 Å². The number of hydrogen-bond acceptors (Lipinski definition) is 3. The summed E-state index contributed by atoms with van der Waals surface area (Å²) >= 11 is 0. The van der Waals surface area contributed by atoms with E-state index in [-0.39, 0.29) is 11.5 Å². The van der Waals surface area contributed by atoms with Gasteiger partial charge in [0.1, 0.15) is 5.78 Å². The fourth-order valence-electron chi connectivity index (χ4n) is 2.29. The van der Waals surface area contributed by atoms with Gasteiger partial charge in [-0.2, -0.15) is 0 Å². The van der Waals surface area contributed by atoms with Crippen molar-refractivity contribution in [2.24, 2.45) is 5.41 Å². The smallest absolute Gasteiger partial charge is 0.409 e. The molecule has 1 amide bonds. The van der Waals surface area contributed by atoms with Crippen LogP contribution in [-0.2, 0) is 9.53 Å². The largest absolute Gasteiger partial charge is 0.453 e. The van der Waals surface area contributed by atoms with Gasteiger partial charge in [-0.15, -0.1) is 0 Å². The third kappa shape index (κ3) is 1.30. The Balaban J connectivity index is 1.95. The zero-order valence-electron chi connectivity index (χ0n) is 7.71. The number of rotatable bonds is 0. The van der Waals surface area contributed by atoms with Crippen LogP contribution in [0, 0.1) is 5.41 Å². The molecule has 0 atom stereocenters. The number of Topliss-reactive ketones (excluding diaryl/α,β-unsaturated/α-hetero) is 1. The number of carbonyl (C=O) groups excluding carboxylic acids is 2. The maximum Gasteiger partial charge on any atom is 0.409 e. The molecule has 13 heavy (non-hydrogen) atoms. The molecule has 1 spiro atoms. The SMILES string of the molecule is COC(=O)N1CCC2(CC(=O)C2)C1. The average Bonchev–Trinajstić information content (AvgIpc) is 2.47. The molecule has 2 aliphatic rings. The monoisotopic (exact) mass is 183 g/mol. The molecule has 2 fully saturated rings. The van der Waals surface area contributed by atoms with E-state index in [1.165, 1.54) is 7.11 Å². The van der Waals surface area contributed by atoms with E-state index >= 15 is 0 Å². The maximum absolute atomic E-state index is 11.1. The summed E-state index contributed by atoms with van der Waals surface area (Å²) in [6.07, 6.45) is 1.99. The quantitative estimate of drug-likeness (QED) is 0.558. The summed E-state index contributed by atoms with van der Waals surface area (Å²) in [5.41, 5.74) is 0.116. The molecule has 0 bridgehead atoms. The zero-order valence-corrected chi connectivity index (χ0v) is 7.71. The minimum Gasteiger partial charge on any atom is -0.453 e. The molecule has 1 saturated heterocycles. The maximum atomic E-state index is 11.1. The predicted octanol–water partition coefficient (Wildman–Crippen LogP) is 0.808. The molecule has 0 N–H and O–H groups in total. The van der Waals surface area contributed by atoms with Crippen molar-refractivity contribution < 1.29 is 14.3 Å². The summed E-state index contributed by atoms with van der Waals surface area (Å²) in [6.45, 7) is 1.44. The van der Waals surface area contributed by atoms with Crippen LogP contribution in [0.4, 0.5) is 4.79 Å². The van der Waals surface area contributed by atoms with E-state index in [1.807, 2.05) is 0 Å². The first-order chi connectivity index (χ1) is 6.15. The molecule has 0 aromatic carbocycles. The van der Waals surface area contributed by atoms with Gasteiger partial charge >= 0.3 is 6.09 Å². The summed E-state index contributed by atoms with van der Waals surface area (Å²) in [6, 6.07) is 0. The predicted molar refractivity (Wildman–Crippen MR) is 45.3 cm³/mol. The highest BCUT2D eigenvalue weighted by atomic mass is 16.5. The number of ether oxygens (including phenoxy) is 1. The van der Waals surface area contributed by atoms with E-state index in [4.69, 9.17) is 0 Å². The lowest BCUT2D eigenvalue weighted by atomic mass is 9.67. The topological polar surface area (TPSA) is 46.6 Å². The lowest BCUT2D eigenvalue weighted by Crippen LogP contribution is -2.41. The van der Waals surface area contributed by atoms with Crippen molar-refractivity contribution in [1.29, 1.82) is 0 Å². The van der Waals surface area contributed by atoms with Crippen LogP contribution in [0.15, 0.2) is 0 Å². The highest BCUT2D eigenvalue weighted by molar-refractivity contribution is 5.86. The van der Waals surface area contributed by atoms with E-state index in [9.17, 15) is 9.59 Å². The van der Waals surface area contributed by atoms with Gasteiger partial charge in [-0.1, -0.05) is 0 Å². The standard InChI is InChI=1S/C9H13NO3/c1-13-8(12)10-3-2-9(6-10)4-7(11)5-9/h2-6H2,1H3. The van der Waals surface area contributed by atoms with Gasteiger partial charge in [-0.25, -0.2) is 4.79 Å². The van der Waals surface area contributed by atoms with Gasteiger partial charge in [-0.3, -0.25) is 4.79 Å². The number of carbonyl (C=O) groups is 2. The minimum absolute atomic E-state index is 0.116. The third-order valence-corrected chi connectivity index (χ3v) is 3.02. The van der Waals surface area contributed by atoms with Crippen molar-refractivity contribution in [2.45, 2.75) is 19.3 Å². The molecule has 0 unspecified atom stereocenters. The summed E-state index contributed by atoms with van der Waals surface area (Å²) in [4.78, 5) is 23.7. The van der Waals surface area contributed by atoms with Crippen molar-refractivity contribution in [1.82, 2.24) is 4.90 Å². The zero-order chi connectivity index (χ0) is 9.47. The van der Waals surface area contributed by atoms with Gasteiger partial charge in [0, 0.05) is 31.3 Å². The van der Waals surface area contributed by atoms with E-state index in [0.717, 1.165) is 13.0 Å². The highest BCUT2D eigenvalue weighted by Crippen LogP contribution is 2.45. The lowest BCUT2D eigenvalue weighted by Gasteiger charge is -2.36. The van der Waals surface area contributed by atoms with Crippen LogP contribution in [0.1, 0.15) is 19.3 Å². The van der Waals surface area contributed by atoms with Crippen molar-refractivity contribution in [3.63, 3.8) is 0 Å². The Morgan fingerprint density at radius 1 is 1.54 bits per heavy atom. The van der Waals surface area contributed by atoms with Gasteiger partial charge in [-0.05, 0) is 6.42 Å². The Kier molecular flexibility index (Phi) is 1.78. The molecule has 0 aromatic heterocycles. The molecular weight excluding hydrogens is 170 g/mol. The van der Waals surface area contributed by atoms with Crippen molar-refractivity contribution in [2.75, 3.05) is 20.2 Å². The number of likely N-dealkylation sites (tertiary alicyclic amines) is 1. The van der Waals surface area contributed by atoms with Gasteiger partial charge in [0.2, 0.25) is 0 Å². The van der Waals surface area contributed by atoms with Crippen LogP contribution in [0.5, 0.6) is 0 Å². The average molecular weight is 183 g/mol. The van der Waals surface area contributed by atoms with Crippen LogP contribution in [0.25, 0.3) is 0 Å². The van der Waals surface area contributed by atoms with E-state index < -0.39 is 0 Å². The molecule has 4 heteroatoms. The molecule has 1 saturated carbocycles. The van der Waals surface area contributed by atoms with Crippen LogP contribution in [0.2, 0.25) is 0 Å². The van der Waals surface area contributed by atoms with Gasteiger partial charge in [0.25, 0.3) is 0 Å². The number of hydrogen-bond donors (Lipinski definition) is 0. The van der Waals surface area contributed by atoms with Crippen molar-refractivity contribution in [3.05, 3.63) is 0 Å². The fraction of sp³-hybridized carbons (Fsp3) is 0.778. The summed E-state index contributed by atoms with van der Waals surface area (Å²) in [5, 5.41) is 0. The first kappa shape index (κ1) is 8.53. The van der Waals surface area contributed by atoms with Gasteiger partial charge in [0.05, 0.1) is 7.11 Å². The molecule has 72 valence electrons. The van der Waals surface area contributed by atoms with Gasteiger partial charge in [0.15, 0.2) is 0 Å². The second kappa shape index (κ2) is 2.72. The number of methoxy groups -OCH3 is 1. The molecule has 4 nitrogen and oxygen atoms in total. The Morgan fingerprint density at radius 2 is 2.23 bits per heavy atom. The molecule has 2 rings (SSSR count). The van der Waals surface area contributed by atoms with Crippen LogP contribution in [0.3, 0.4) is 0 Å². The van der Waals surface area contributed by atoms with Crippen molar-refractivity contribution >= 4 is 11.9 Å². The van der Waals surface area contributed by atoms with Crippen LogP contribution >= 0.6 is 0 Å². The van der Waals surface area contributed by atoms with E-state index in [2.05, 4.69) is 4.74 Å². The Labute approximate surface area is 76.8 Å². The lowest BCUT2D eigenvalue weighted by molar-refractivity contribution is -0.131. The Bertz CT molecular complexity index is 254. The van der Waals surface area contributed by atoms with Crippen LogP contribution < -0.4 is 0 Å². The summed E-state index contributed by atoms with van der Waals surface area (Å²) in [7, 11) is 1.39. The molecule has 1 aliphatic heterocycles. The first-order valence-electron chi connectivity index (χ1n) is 4.50. The Hall–Kier alpha value is -1.06. The molecule has 0 radical (unpaired) electrons. The third-order valence-electron chi connectivity index (χ3n) is 3.02. The summed E-state index contributed by atoms with van der Waals surface area (Å²) < 4.78 is 4.62. The second-order valence-corrected chi connectivity index (χ2v) is 4.03. The van der Waals surface area contributed by atoms with Crippen LogP contribution in [-0.4, -0.2) is 37.0 Å².